The molecular weight excluding hydrogens is 296 g/mol. The van der Waals surface area contributed by atoms with Gasteiger partial charge in [0.25, 0.3) is 0 Å². The average Bonchev–Trinajstić information content (AvgIpc) is 2.99. The van der Waals surface area contributed by atoms with E-state index in [1.807, 2.05) is 60.4 Å². The number of urea groups is 1. The first kappa shape index (κ1) is 14.9. The molecule has 1 aliphatic rings. The molecule has 1 aliphatic heterocycles. The van der Waals surface area contributed by atoms with Crippen molar-refractivity contribution in [2.24, 2.45) is 0 Å². The maximum atomic E-state index is 12.6. The molecule has 0 saturated carbocycles. The summed E-state index contributed by atoms with van der Waals surface area (Å²) in [5.41, 5.74) is 3.02. The Morgan fingerprint density at radius 2 is 1.91 bits per heavy atom. The number of carbonyl (C=O) groups excluding carboxylic acids is 1. The molecule has 114 valence electrons. The van der Waals surface area contributed by atoms with Crippen LogP contribution in [0, 0.1) is 6.92 Å². The highest BCUT2D eigenvalue weighted by Crippen LogP contribution is 2.35. The third-order valence-electron chi connectivity index (χ3n) is 4.08. The van der Waals surface area contributed by atoms with Crippen LogP contribution in [0.2, 0.25) is 5.02 Å². The van der Waals surface area contributed by atoms with Gasteiger partial charge in [-0.15, -0.1) is 0 Å². The van der Waals surface area contributed by atoms with Gasteiger partial charge in [-0.05, 0) is 43.5 Å². The maximum absolute atomic E-state index is 12.6. The zero-order chi connectivity index (χ0) is 15.5. The van der Waals surface area contributed by atoms with E-state index in [-0.39, 0.29) is 12.1 Å². The lowest BCUT2D eigenvalue weighted by Gasteiger charge is -2.26. The number of anilines is 1. The third kappa shape index (κ3) is 3.09. The van der Waals surface area contributed by atoms with Crippen molar-refractivity contribution >= 4 is 23.3 Å². The van der Waals surface area contributed by atoms with Crippen LogP contribution in [0.3, 0.4) is 0 Å². The van der Waals surface area contributed by atoms with Crippen molar-refractivity contribution in [1.82, 2.24) is 4.90 Å². The molecule has 2 aromatic rings. The molecule has 1 atom stereocenters. The SMILES string of the molecule is Cc1ccc(NC(=O)N2CCC[C@@H]2c2ccccc2Cl)cc1. The molecule has 1 heterocycles. The Morgan fingerprint density at radius 3 is 2.64 bits per heavy atom. The predicted octanol–water partition coefficient (Wildman–Crippen LogP) is 5.02. The predicted molar refractivity (Wildman–Crippen MR) is 90.3 cm³/mol. The van der Waals surface area contributed by atoms with Gasteiger partial charge < -0.3 is 10.2 Å². The van der Waals surface area contributed by atoms with Crippen LogP contribution < -0.4 is 5.32 Å². The van der Waals surface area contributed by atoms with Crippen LogP contribution in [0.5, 0.6) is 0 Å². The van der Waals surface area contributed by atoms with Crippen molar-refractivity contribution in [3.05, 3.63) is 64.7 Å². The van der Waals surface area contributed by atoms with Crippen LogP contribution in [-0.4, -0.2) is 17.5 Å². The second-order valence-electron chi connectivity index (χ2n) is 5.67. The van der Waals surface area contributed by atoms with Gasteiger partial charge in [-0.3, -0.25) is 0 Å². The molecule has 0 spiro atoms. The minimum atomic E-state index is -0.0636. The molecular formula is C18H19ClN2O. The monoisotopic (exact) mass is 314 g/mol. The number of rotatable bonds is 2. The van der Waals surface area contributed by atoms with Gasteiger partial charge in [0.15, 0.2) is 0 Å². The summed E-state index contributed by atoms with van der Waals surface area (Å²) in [6, 6.07) is 15.6. The maximum Gasteiger partial charge on any atom is 0.322 e. The van der Waals surface area contributed by atoms with Gasteiger partial charge in [-0.25, -0.2) is 4.79 Å². The number of aryl methyl sites for hydroxylation is 1. The number of carbonyl (C=O) groups is 1. The molecule has 1 saturated heterocycles. The molecule has 0 radical (unpaired) electrons. The molecule has 1 fully saturated rings. The first-order chi connectivity index (χ1) is 10.6. The van der Waals surface area contributed by atoms with E-state index in [2.05, 4.69) is 5.32 Å². The summed E-state index contributed by atoms with van der Waals surface area (Å²) in [6.45, 7) is 2.78. The fourth-order valence-electron chi connectivity index (χ4n) is 2.91. The molecule has 0 bridgehead atoms. The normalized spacial score (nSPS) is 17.5. The second-order valence-corrected chi connectivity index (χ2v) is 6.08. The van der Waals surface area contributed by atoms with Gasteiger partial charge in [0, 0.05) is 17.3 Å². The van der Waals surface area contributed by atoms with E-state index in [0.717, 1.165) is 35.7 Å². The van der Waals surface area contributed by atoms with Crippen molar-refractivity contribution in [2.45, 2.75) is 25.8 Å². The zero-order valence-electron chi connectivity index (χ0n) is 12.6. The molecule has 0 aliphatic carbocycles. The lowest BCUT2D eigenvalue weighted by atomic mass is 10.0. The number of nitrogens with one attached hydrogen (secondary N) is 1. The van der Waals surface area contributed by atoms with E-state index in [0.29, 0.717) is 0 Å². The number of likely N-dealkylation sites (tertiary alicyclic amines) is 1. The van der Waals surface area contributed by atoms with Crippen molar-refractivity contribution in [1.29, 1.82) is 0 Å². The molecule has 2 amide bonds. The van der Waals surface area contributed by atoms with Crippen LogP contribution in [0.1, 0.15) is 30.0 Å². The number of hydrogen-bond acceptors (Lipinski definition) is 1. The molecule has 3 nitrogen and oxygen atoms in total. The number of halogens is 1. The summed E-state index contributed by atoms with van der Waals surface area (Å²) in [4.78, 5) is 14.4. The number of nitrogens with zero attached hydrogens (tertiary/aromatic N) is 1. The van der Waals surface area contributed by atoms with Crippen LogP contribution in [0.4, 0.5) is 10.5 Å². The standard InChI is InChI=1S/C18H19ClN2O/c1-13-8-10-14(11-9-13)20-18(22)21-12-4-7-17(21)15-5-2-3-6-16(15)19/h2-3,5-6,8-11,17H,4,7,12H2,1H3,(H,20,22)/t17-/m1/s1. The minimum Gasteiger partial charge on any atom is -0.317 e. The number of amides is 2. The largest absolute Gasteiger partial charge is 0.322 e. The molecule has 1 N–H and O–H groups in total. The van der Waals surface area contributed by atoms with Crippen LogP contribution in [0.25, 0.3) is 0 Å². The van der Waals surface area contributed by atoms with Crippen LogP contribution >= 0.6 is 11.6 Å². The summed E-state index contributed by atoms with van der Waals surface area (Å²) in [6.07, 6.45) is 1.95. The van der Waals surface area contributed by atoms with Crippen molar-refractivity contribution < 1.29 is 4.79 Å². The number of hydrogen-bond donors (Lipinski definition) is 1. The molecule has 22 heavy (non-hydrogen) atoms. The second kappa shape index (κ2) is 6.41. The van der Waals surface area contributed by atoms with E-state index in [1.54, 1.807) is 0 Å². The summed E-state index contributed by atoms with van der Waals surface area (Å²) < 4.78 is 0. The topological polar surface area (TPSA) is 32.3 Å². The van der Waals surface area contributed by atoms with Gasteiger partial charge in [0.1, 0.15) is 0 Å². The van der Waals surface area contributed by atoms with Crippen LogP contribution in [0.15, 0.2) is 48.5 Å². The third-order valence-corrected chi connectivity index (χ3v) is 4.42. The molecule has 3 rings (SSSR count). The van der Waals surface area contributed by atoms with Gasteiger partial charge in [0.05, 0.1) is 6.04 Å². The van der Waals surface area contributed by atoms with Crippen molar-refractivity contribution in [3.8, 4) is 0 Å². The van der Waals surface area contributed by atoms with E-state index in [4.69, 9.17) is 11.6 Å². The average molecular weight is 315 g/mol. The van der Waals surface area contributed by atoms with Gasteiger partial charge in [-0.1, -0.05) is 47.5 Å². The van der Waals surface area contributed by atoms with E-state index < -0.39 is 0 Å². The van der Waals surface area contributed by atoms with Crippen LogP contribution in [-0.2, 0) is 0 Å². The first-order valence-electron chi connectivity index (χ1n) is 7.54. The highest BCUT2D eigenvalue weighted by Gasteiger charge is 2.31. The number of benzene rings is 2. The smallest absolute Gasteiger partial charge is 0.317 e. The van der Waals surface area contributed by atoms with Gasteiger partial charge >= 0.3 is 6.03 Å². The van der Waals surface area contributed by atoms with E-state index in [1.165, 1.54) is 5.56 Å². The fraction of sp³-hybridized carbons (Fsp3) is 0.278. The summed E-state index contributed by atoms with van der Waals surface area (Å²) in [7, 11) is 0. The Hall–Kier alpha value is -2.00. The summed E-state index contributed by atoms with van der Waals surface area (Å²) in [5, 5.41) is 3.70. The Kier molecular flexibility index (Phi) is 4.34. The fourth-order valence-corrected chi connectivity index (χ4v) is 3.17. The molecule has 4 heteroatoms. The van der Waals surface area contributed by atoms with E-state index in [9.17, 15) is 4.79 Å². The highest BCUT2D eigenvalue weighted by atomic mass is 35.5. The quantitative estimate of drug-likeness (QED) is 0.829. The lowest BCUT2D eigenvalue weighted by molar-refractivity contribution is 0.207. The summed E-state index contributed by atoms with van der Waals surface area (Å²) in [5.74, 6) is 0. The molecule has 0 unspecified atom stereocenters. The minimum absolute atomic E-state index is 0.0548. The Bertz CT molecular complexity index is 669. The Labute approximate surface area is 135 Å². The van der Waals surface area contributed by atoms with Crippen molar-refractivity contribution in [3.63, 3.8) is 0 Å². The Balaban J connectivity index is 1.76. The van der Waals surface area contributed by atoms with E-state index >= 15 is 0 Å². The highest BCUT2D eigenvalue weighted by molar-refractivity contribution is 6.31. The summed E-state index contributed by atoms with van der Waals surface area (Å²) >= 11 is 6.29. The first-order valence-corrected chi connectivity index (χ1v) is 7.91. The van der Waals surface area contributed by atoms with Crippen molar-refractivity contribution in [2.75, 3.05) is 11.9 Å². The molecule has 0 aromatic heterocycles. The van der Waals surface area contributed by atoms with Gasteiger partial charge in [-0.2, -0.15) is 0 Å². The Morgan fingerprint density at radius 1 is 1.18 bits per heavy atom. The molecule has 2 aromatic carbocycles. The lowest BCUT2D eigenvalue weighted by Crippen LogP contribution is -2.34. The zero-order valence-corrected chi connectivity index (χ0v) is 13.3. The van der Waals surface area contributed by atoms with Gasteiger partial charge in [0.2, 0.25) is 0 Å².